The number of imide groups is 1. The summed E-state index contributed by atoms with van der Waals surface area (Å²) in [6, 6.07) is 29.0. The second kappa shape index (κ2) is 13.5. The zero-order valence-corrected chi connectivity index (χ0v) is 26.4. The number of halogens is 1. The van der Waals surface area contributed by atoms with Crippen LogP contribution >= 0.6 is 0 Å². The summed E-state index contributed by atoms with van der Waals surface area (Å²) in [4.78, 5) is 40.0. The van der Waals surface area contributed by atoms with Crippen LogP contribution in [-0.2, 0) is 14.3 Å². The Hall–Kier alpha value is -5.61. The van der Waals surface area contributed by atoms with Crippen LogP contribution in [0.5, 0.6) is 11.5 Å². The van der Waals surface area contributed by atoms with Crippen LogP contribution in [0.15, 0.2) is 114 Å². The Balaban J connectivity index is 1.20. The molecule has 2 fully saturated rings. The maximum Gasteiger partial charge on any atom is 0.271 e. The van der Waals surface area contributed by atoms with Gasteiger partial charge in [-0.15, -0.1) is 0 Å². The maximum absolute atomic E-state index is 14.2. The lowest BCUT2D eigenvalue weighted by Gasteiger charge is -2.31. The van der Waals surface area contributed by atoms with Crippen molar-refractivity contribution in [1.82, 2.24) is 0 Å². The molecule has 2 amide bonds. The molecule has 1 aliphatic carbocycles. The molecule has 9 nitrogen and oxygen atoms in total. The highest BCUT2D eigenvalue weighted by Crippen LogP contribution is 2.51. The van der Waals surface area contributed by atoms with Crippen molar-refractivity contribution in [3.63, 3.8) is 0 Å². The van der Waals surface area contributed by atoms with Crippen molar-refractivity contribution < 1.29 is 33.5 Å². The molecule has 0 bridgehead atoms. The van der Waals surface area contributed by atoms with E-state index >= 15 is 0 Å². The highest BCUT2D eigenvalue weighted by atomic mass is 19.1. The number of nitro benzene ring substituents is 1. The molecule has 0 aromatic heterocycles. The zero-order valence-electron chi connectivity index (χ0n) is 26.4. The minimum absolute atomic E-state index is 0.181. The number of nitrogens with zero attached hydrogens (tertiary/aromatic N) is 2. The van der Waals surface area contributed by atoms with Gasteiger partial charge in [0.15, 0.2) is 11.6 Å². The smallest absolute Gasteiger partial charge is 0.271 e. The van der Waals surface area contributed by atoms with Gasteiger partial charge in [-0.3, -0.25) is 19.7 Å². The number of aromatic hydroxyl groups is 1. The van der Waals surface area contributed by atoms with Crippen molar-refractivity contribution in [1.29, 1.82) is 0 Å². The first-order valence-corrected chi connectivity index (χ1v) is 16.2. The summed E-state index contributed by atoms with van der Waals surface area (Å²) in [7, 11) is 0. The molecule has 0 unspecified atom stereocenters. The average molecular weight is 661 g/mol. The lowest BCUT2D eigenvalue weighted by molar-refractivity contribution is -0.384. The van der Waals surface area contributed by atoms with Crippen LogP contribution in [0.2, 0.25) is 0 Å². The third-order valence-corrected chi connectivity index (χ3v) is 9.60. The number of fused-ring (bicyclic) bond motifs is 3. The van der Waals surface area contributed by atoms with Gasteiger partial charge in [-0.05, 0) is 77.4 Å². The van der Waals surface area contributed by atoms with Crippen molar-refractivity contribution in [2.24, 2.45) is 17.8 Å². The Kier molecular flexibility index (Phi) is 8.79. The Labute approximate surface area is 282 Å². The lowest BCUT2D eigenvalue weighted by atomic mass is 9.69. The topological polar surface area (TPSA) is 119 Å². The number of hydrogen-bond donors (Lipinski definition) is 1. The van der Waals surface area contributed by atoms with E-state index in [0.29, 0.717) is 30.6 Å². The first-order valence-electron chi connectivity index (χ1n) is 16.2. The summed E-state index contributed by atoms with van der Waals surface area (Å²) in [5.41, 5.74) is 4.35. The number of phenols is 1. The lowest BCUT2D eigenvalue weighted by Crippen LogP contribution is -2.35. The van der Waals surface area contributed by atoms with Gasteiger partial charge in [-0.2, -0.15) is 0 Å². The molecule has 4 aromatic carbocycles. The van der Waals surface area contributed by atoms with Crippen molar-refractivity contribution in [3.8, 4) is 11.5 Å². The number of ether oxygens (including phenoxy) is 2. The van der Waals surface area contributed by atoms with Crippen LogP contribution < -0.4 is 9.64 Å². The van der Waals surface area contributed by atoms with Gasteiger partial charge in [0.1, 0.15) is 12.4 Å². The van der Waals surface area contributed by atoms with Crippen LogP contribution in [0.3, 0.4) is 0 Å². The minimum atomic E-state index is -0.706. The number of benzene rings is 4. The number of anilines is 1. The molecule has 4 atom stereocenters. The maximum atomic E-state index is 14.2. The van der Waals surface area contributed by atoms with Crippen LogP contribution in [0.1, 0.15) is 30.4 Å². The highest BCUT2D eigenvalue weighted by molar-refractivity contribution is 6.22. The van der Waals surface area contributed by atoms with E-state index in [1.165, 1.54) is 30.3 Å². The summed E-state index contributed by atoms with van der Waals surface area (Å²) in [6.45, 7) is 0.455. The van der Waals surface area contributed by atoms with E-state index in [1.54, 1.807) is 12.1 Å². The van der Waals surface area contributed by atoms with Crippen LogP contribution in [0.4, 0.5) is 15.8 Å². The second-order valence-electron chi connectivity index (χ2n) is 12.5. The SMILES string of the molecule is O=C1[C@@H]2[C@@H](CC(COc3ccccc3)=C3[C@@H](CC/C(=C/c4ccc(O)c(F)c4)c4ccccc4)OC[C@@H]32)C(=O)N1c1cccc([N+](=O)[O-])c1. The van der Waals surface area contributed by atoms with E-state index in [1.807, 2.05) is 66.7 Å². The fourth-order valence-electron chi connectivity index (χ4n) is 7.35. The summed E-state index contributed by atoms with van der Waals surface area (Å²) in [5, 5.41) is 21.2. The summed E-state index contributed by atoms with van der Waals surface area (Å²) >= 11 is 0. The van der Waals surface area contributed by atoms with E-state index in [2.05, 4.69) is 0 Å². The largest absolute Gasteiger partial charge is 0.505 e. The molecular weight excluding hydrogens is 627 g/mol. The molecule has 2 aliphatic heterocycles. The Morgan fingerprint density at radius 1 is 0.959 bits per heavy atom. The van der Waals surface area contributed by atoms with Gasteiger partial charge in [-0.25, -0.2) is 9.29 Å². The Morgan fingerprint density at radius 2 is 1.71 bits per heavy atom. The van der Waals surface area contributed by atoms with Gasteiger partial charge in [-0.1, -0.05) is 66.7 Å². The minimum Gasteiger partial charge on any atom is -0.505 e. The molecule has 3 aliphatic rings. The predicted molar refractivity (Wildman–Crippen MR) is 181 cm³/mol. The quantitative estimate of drug-likeness (QED) is 0.0621. The molecule has 248 valence electrons. The number of nitro groups is 1. The number of rotatable bonds is 10. The van der Waals surface area contributed by atoms with Gasteiger partial charge in [0, 0.05) is 18.1 Å². The molecular formula is C39H33FN2O7. The monoisotopic (exact) mass is 660 g/mol. The standard InChI is InChI=1S/C39H33FN2O7/c40-33-19-24(14-16-34(33)43)18-26(25-8-3-1-4-9-25)15-17-35-36-27(22-48-30-12-5-2-6-13-30)20-31-37(32(36)23-49-35)39(45)41(38(31)44)28-10-7-11-29(21-28)42(46)47/h1-14,16,18-19,21,31-32,35,37,43H,15,17,20,22-23H2/b26-18-/t31-,32+,35-,37-/m1/s1. The number of carbonyl (C=O) groups excluding carboxylic acids is 2. The van der Waals surface area contributed by atoms with Crippen LogP contribution in [0, 0.1) is 33.7 Å². The summed E-state index contributed by atoms with van der Waals surface area (Å²) in [6.07, 6.45) is 2.94. The Morgan fingerprint density at radius 3 is 2.45 bits per heavy atom. The van der Waals surface area contributed by atoms with Gasteiger partial charge in [0.25, 0.3) is 5.69 Å². The predicted octanol–water partition coefficient (Wildman–Crippen LogP) is 7.36. The van der Waals surface area contributed by atoms with Gasteiger partial charge >= 0.3 is 0 Å². The Bertz CT molecular complexity index is 1980. The van der Waals surface area contributed by atoms with E-state index in [0.717, 1.165) is 27.2 Å². The molecule has 10 heteroatoms. The van der Waals surface area contributed by atoms with E-state index < -0.39 is 28.3 Å². The second-order valence-corrected chi connectivity index (χ2v) is 12.5. The number of non-ortho nitro benzene ring substituents is 1. The van der Waals surface area contributed by atoms with Crippen LogP contribution in [0.25, 0.3) is 11.6 Å². The van der Waals surface area contributed by atoms with Crippen LogP contribution in [-0.4, -0.2) is 41.2 Å². The number of phenolic OH excluding ortho intramolecular Hbond substituents is 1. The number of hydrogen-bond acceptors (Lipinski definition) is 7. The van der Waals surface area contributed by atoms with Crippen molar-refractivity contribution in [3.05, 3.63) is 141 Å². The molecule has 4 aromatic rings. The number of para-hydroxylation sites is 1. The van der Waals surface area contributed by atoms with E-state index in [-0.39, 0.29) is 48.4 Å². The fourth-order valence-corrected chi connectivity index (χ4v) is 7.35. The van der Waals surface area contributed by atoms with Crippen molar-refractivity contribution >= 4 is 34.8 Å². The number of carbonyl (C=O) groups is 2. The van der Waals surface area contributed by atoms with Crippen molar-refractivity contribution in [2.45, 2.75) is 25.4 Å². The first kappa shape index (κ1) is 32.0. The highest BCUT2D eigenvalue weighted by Gasteiger charge is 2.57. The summed E-state index contributed by atoms with van der Waals surface area (Å²) < 4.78 is 26.9. The molecule has 2 heterocycles. The molecule has 0 radical (unpaired) electrons. The average Bonchev–Trinajstić information content (AvgIpc) is 3.65. The van der Waals surface area contributed by atoms with E-state index in [4.69, 9.17) is 9.47 Å². The van der Waals surface area contributed by atoms with Gasteiger partial charge in [0.05, 0.1) is 35.2 Å². The fraction of sp³-hybridized carbons (Fsp3) is 0.231. The third-order valence-electron chi connectivity index (χ3n) is 9.60. The van der Waals surface area contributed by atoms with E-state index in [9.17, 15) is 29.2 Å². The third kappa shape index (κ3) is 6.35. The van der Waals surface area contributed by atoms with Gasteiger partial charge in [0.2, 0.25) is 11.8 Å². The number of allylic oxidation sites excluding steroid dienone is 1. The molecule has 0 spiro atoms. The van der Waals surface area contributed by atoms with Gasteiger partial charge < -0.3 is 14.6 Å². The zero-order chi connectivity index (χ0) is 34.1. The van der Waals surface area contributed by atoms with Crippen molar-refractivity contribution in [2.75, 3.05) is 18.1 Å². The normalized spacial score (nSPS) is 21.9. The molecule has 2 saturated heterocycles. The molecule has 7 rings (SSSR count). The summed E-state index contributed by atoms with van der Waals surface area (Å²) in [5.74, 6) is -2.91. The first-order chi connectivity index (χ1) is 23.8. The number of amides is 2. The molecule has 49 heavy (non-hydrogen) atoms. The molecule has 1 N–H and O–H groups in total. The molecule has 0 saturated carbocycles.